The lowest BCUT2D eigenvalue weighted by molar-refractivity contribution is 0.582. The third kappa shape index (κ3) is 1.55. The smallest absolute Gasteiger partial charge is 0.262 e. The molecule has 86 valence electrons. The highest BCUT2D eigenvalue weighted by molar-refractivity contribution is 7.94. The first-order valence-electron chi connectivity index (χ1n) is 5.30. The number of rotatable bonds is 3. The van der Waals surface area contributed by atoms with Gasteiger partial charge in [0, 0.05) is 18.2 Å². The van der Waals surface area contributed by atoms with E-state index < -0.39 is 7.26 Å². The first-order chi connectivity index (χ1) is 8.32. The lowest BCUT2D eigenvalue weighted by Crippen LogP contribution is -2.27. The van der Waals surface area contributed by atoms with E-state index in [9.17, 15) is 0 Å². The van der Waals surface area contributed by atoms with Gasteiger partial charge < -0.3 is 13.3 Å². The van der Waals surface area contributed by atoms with Crippen LogP contribution in [0.3, 0.4) is 0 Å². The van der Waals surface area contributed by atoms with Crippen LogP contribution in [0.2, 0.25) is 0 Å². The molecule has 0 amide bonds. The van der Waals surface area contributed by atoms with Crippen LogP contribution in [0, 0.1) is 0 Å². The molecule has 0 aliphatic heterocycles. The minimum Gasteiger partial charge on any atom is -0.434 e. The average Bonchev–Trinajstić information content (AvgIpc) is 3.10. The molecule has 0 fully saturated rings. The highest BCUT2D eigenvalue weighted by atomic mass is 31.2. The monoisotopic (exact) mass is 247 g/mol. The molecule has 0 radical (unpaired) electrons. The SMILES string of the molecule is C[P+](c1ccco1)(c1ccco1)c1ccco1. The van der Waals surface area contributed by atoms with Gasteiger partial charge in [-0.2, -0.15) is 0 Å². The normalized spacial score (nSPS) is 11.8. The number of hydrogen-bond donors (Lipinski definition) is 0. The van der Waals surface area contributed by atoms with Gasteiger partial charge in [0.1, 0.15) is 0 Å². The molecule has 0 bridgehead atoms. The van der Waals surface area contributed by atoms with Crippen LogP contribution < -0.4 is 16.5 Å². The van der Waals surface area contributed by atoms with Gasteiger partial charge in [0.05, 0.1) is 25.5 Å². The molecule has 3 nitrogen and oxygen atoms in total. The van der Waals surface area contributed by atoms with E-state index in [1.54, 1.807) is 18.8 Å². The van der Waals surface area contributed by atoms with E-state index in [1.165, 1.54) is 0 Å². The Morgan fingerprint density at radius 1 is 0.706 bits per heavy atom. The van der Waals surface area contributed by atoms with Crippen molar-refractivity contribution in [2.45, 2.75) is 0 Å². The molecule has 0 saturated heterocycles. The Hall–Kier alpha value is -1.73. The van der Waals surface area contributed by atoms with Crippen LogP contribution in [0.4, 0.5) is 0 Å². The zero-order valence-electron chi connectivity index (χ0n) is 9.37. The molecular weight excluding hydrogens is 235 g/mol. The molecule has 0 aliphatic rings. The van der Waals surface area contributed by atoms with E-state index in [-0.39, 0.29) is 0 Å². The maximum absolute atomic E-state index is 5.58. The van der Waals surface area contributed by atoms with Crippen LogP contribution in [0.25, 0.3) is 0 Å². The van der Waals surface area contributed by atoms with Gasteiger partial charge in [-0.25, -0.2) is 0 Å². The van der Waals surface area contributed by atoms with Gasteiger partial charge in [-0.1, -0.05) is 0 Å². The van der Waals surface area contributed by atoms with Crippen LogP contribution in [-0.4, -0.2) is 6.66 Å². The molecule has 0 atom stereocenters. The van der Waals surface area contributed by atoms with Crippen LogP contribution in [0.1, 0.15) is 0 Å². The Balaban J connectivity index is 2.21. The summed E-state index contributed by atoms with van der Waals surface area (Å²) in [5, 5.41) is 0. The second-order valence-corrected chi connectivity index (χ2v) is 7.19. The molecule has 0 N–H and O–H groups in total. The van der Waals surface area contributed by atoms with Crippen molar-refractivity contribution in [2.24, 2.45) is 0 Å². The molecule has 3 aromatic heterocycles. The van der Waals surface area contributed by atoms with E-state index in [2.05, 4.69) is 6.66 Å². The maximum Gasteiger partial charge on any atom is 0.262 e. The molecule has 0 aromatic carbocycles. The Bertz CT molecular complexity index is 480. The first kappa shape index (κ1) is 10.4. The van der Waals surface area contributed by atoms with Gasteiger partial charge in [-0.15, -0.1) is 0 Å². The summed E-state index contributed by atoms with van der Waals surface area (Å²) >= 11 is 0. The minimum atomic E-state index is -1.88. The Labute approximate surface area is 99.4 Å². The highest BCUT2D eigenvalue weighted by Gasteiger charge is 2.49. The zero-order valence-corrected chi connectivity index (χ0v) is 10.3. The fraction of sp³-hybridized carbons (Fsp3) is 0.0769. The van der Waals surface area contributed by atoms with Crippen LogP contribution in [-0.2, 0) is 0 Å². The zero-order chi connectivity index (χ0) is 11.7. The Kier molecular flexibility index (Phi) is 2.41. The van der Waals surface area contributed by atoms with Crippen molar-refractivity contribution in [1.29, 1.82) is 0 Å². The van der Waals surface area contributed by atoms with Crippen molar-refractivity contribution in [3.8, 4) is 0 Å². The predicted octanol–water partition coefficient (Wildman–Crippen LogP) is 2.39. The largest absolute Gasteiger partial charge is 0.434 e. The van der Waals surface area contributed by atoms with Crippen molar-refractivity contribution < 1.29 is 13.3 Å². The average molecular weight is 247 g/mol. The molecule has 17 heavy (non-hydrogen) atoms. The Morgan fingerprint density at radius 2 is 1.06 bits per heavy atom. The topological polar surface area (TPSA) is 39.4 Å². The van der Waals surface area contributed by atoms with Crippen molar-refractivity contribution >= 4 is 23.8 Å². The summed E-state index contributed by atoms with van der Waals surface area (Å²) in [4.78, 5) is 0. The molecule has 3 heterocycles. The predicted molar refractivity (Wildman–Crippen MR) is 67.9 cm³/mol. The molecule has 0 saturated carbocycles. The van der Waals surface area contributed by atoms with Gasteiger partial charge in [0.15, 0.2) is 0 Å². The van der Waals surface area contributed by atoms with Crippen LogP contribution in [0.15, 0.2) is 68.4 Å². The van der Waals surface area contributed by atoms with E-state index in [0.717, 1.165) is 16.5 Å². The fourth-order valence-electron chi connectivity index (χ4n) is 1.90. The van der Waals surface area contributed by atoms with Crippen LogP contribution in [0.5, 0.6) is 0 Å². The first-order valence-corrected chi connectivity index (χ1v) is 7.54. The van der Waals surface area contributed by atoms with Gasteiger partial charge in [-0.3, -0.25) is 0 Å². The summed E-state index contributed by atoms with van der Waals surface area (Å²) in [6, 6.07) is 11.6. The second-order valence-electron chi connectivity index (χ2n) is 3.86. The summed E-state index contributed by atoms with van der Waals surface area (Å²) < 4.78 is 16.7. The van der Waals surface area contributed by atoms with Crippen molar-refractivity contribution in [2.75, 3.05) is 6.66 Å². The number of hydrogen-bond acceptors (Lipinski definition) is 3. The molecule has 4 heteroatoms. The third-order valence-electron chi connectivity index (χ3n) is 2.84. The van der Waals surface area contributed by atoms with Gasteiger partial charge >= 0.3 is 0 Å². The molecule has 3 rings (SSSR count). The second kappa shape index (κ2) is 3.94. The van der Waals surface area contributed by atoms with E-state index in [4.69, 9.17) is 13.3 Å². The van der Waals surface area contributed by atoms with Gasteiger partial charge in [0.25, 0.3) is 16.5 Å². The summed E-state index contributed by atoms with van der Waals surface area (Å²) in [6.07, 6.45) is 5.04. The summed E-state index contributed by atoms with van der Waals surface area (Å²) in [6.45, 7) is 2.13. The Morgan fingerprint density at radius 3 is 1.29 bits per heavy atom. The summed E-state index contributed by atoms with van der Waals surface area (Å²) in [5.41, 5.74) is 2.72. The van der Waals surface area contributed by atoms with E-state index in [1.807, 2.05) is 36.4 Å². The molecule has 3 aromatic rings. The number of furan rings is 3. The lowest BCUT2D eigenvalue weighted by Gasteiger charge is -2.12. The quantitative estimate of drug-likeness (QED) is 0.667. The summed E-state index contributed by atoms with van der Waals surface area (Å²) in [7, 11) is -1.88. The molecular formula is C13H12O3P+. The lowest BCUT2D eigenvalue weighted by atomic mass is 10.7. The molecule has 0 aliphatic carbocycles. The third-order valence-corrected chi connectivity index (χ3v) is 6.25. The van der Waals surface area contributed by atoms with E-state index >= 15 is 0 Å². The fourth-order valence-corrected chi connectivity index (χ4v) is 4.52. The standard InChI is InChI=1S/C13H12O3P/c1-17(11-5-2-8-14-11,12-6-3-9-15-12)13-7-4-10-16-13/h2-10H,1H3/q+1. The molecule has 0 spiro atoms. The molecule has 0 unspecified atom stereocenters. The minimum absolute atomic E-state index is 0.905. The van der Waals surface area contributed by atoms with Gasteiger partial charge in [0.2, 0.25) is 7.26 Å². The van der Waals surface area contributed by atoms with Crippen molar-refractivity contribution in [1.82, 2.24) is 0 Å². The van der Waals surface area contributed by atoms with E-state index in [0.29, 0.717) is 0 Å². The van der Waals surface area contributed by atoms with Crippen molar-refractivity contribution in [3.05, 3.63) is 55.2 Å². The van der Waals surface area contributed by atoms with Crippen molar-refractivity contribution in [3.63, 3.8) is 0 Å². The highest BCUT2D eigenvalue weighted by Crippen LogP contribution is 2.51. The van der Waals surface area contributed by atoms with Gasteiger partial charge in [-0.05, 0) is 18.2 Å². The summed E-state index contributed by atoms with van der Waals surface area (Å²) in [5.74, 6) is 0. The maximum atomic E-state index is 5.58. The van der Waals surface area contributed by atoms with Crippen LogP contribution >= 0.6 is 7.26 Å².